The zero-order valence-electron chi connectivity index (χ0n) is 8.80. The van der Waals surface area contributed by atoms with Crippen LogP contribution >= 0.6 is 11.6 Å². The van der Waals surface area contributed by atoms with Crippen LogP contribution in [0.2, 0.25) is 0 Å². The smallest absolute Gasteiger partial charge is 0.270 e. The van der Waals surface area contributed by atoms with Gasteiger partial charge in [0.1, 0.15) is 5.69 Å². The average Bonchev–Trinajstić information content (AvgIpc) is 2.78. The summed E-state index contributed by atoms with van der Waals surface area (Å²) in [4.78, 5) is 15.1. The molecule has 0 bridgehead atoms. The lowest BCUT2D eigenvalue weighted by Crippen LogP contribution is -2.10. The number of rotatable bonds is 3. The van der Waals surface area contributed by atoms with Gasteiger partial charge in [0.2, 0.25) is 0 Å². The van der Waals surface area contributed by atoms with Crippen molar-refractivity contribution in [1.82, 2.24) is 9.55 Å². The lowest BCUT2D eigenvalue weighted by molar-refractivity contribution is 0.107. The summed E-state index contributed by atoms with van der Waals surface area (Å²) < 4.78 is 1.77. The van der Waals surface area contributed by atoms with Crippen LogP contribution in [0.5, 0.6) is 0 Å². The number of benzene rings is 1. The Morgan fingerprint density at radius 3 is 2.69 bits per heavy atom. The monoisotopic (exact) mass is 234 g/mol. The third-order valence-electron chi connectivity index (χ3n) is 2.57. The van der Waals surface area contributed by atoms with Crippen LogP contribution in [0.25, 0.3) is 0 Å². The lowest BCUT2D eigenvalue weighted by atomic mass is 10.1. The van der Waals surface area contributed by atoms with E-state index < -0.39 is 5.24 Å². The molecule has 1 aromatic heterocycles. The number of aromatic nitrogens is 2. The van der Waals surface area contributed by atoms with Crippen LogP contribution in [0.1, 0.15) is 29.0 Å². The fraction of sp³-hybridized carbons (Fsp3) is 0.167. The van der Waals surface area contributed by atoms with E-state index in [9.17, 15) is 4.79 Å². The first kappa shape index (κ1) is 10.9. The van der Waals surface area contributed by atoms with Crippen molar-refractivity contribution < 1.29 is 4.79 Å². The van der Waals surface area contributed by atoms with Gasteiger partial charge in [-0.3, -0.25) is 4.79 Å². The van der Waals surface area contributed by atoms with Crippen LogP contribution in [-0.2, 0) is 0 Å². The molecule has 0 fully saturated rings. The molecule has 3 nitrogen and oxygen atoms in total. The van der Waals surface area contributed by atoms with Crippen molar-refractivity contribution in [2.75, 3.05) is 0 Å². The minimum absolute atomic E-state index is 0.0430. The number of carbonyl (C=O) groups excluding carboxylic acids is 1. The van der Waals surface area contributed by atoms with E-state index in [2.05, 4.69) is 4.98 Å². The molecule has 2 aromatic rings. The van der Waals surface area contributed by atoms with Gasteiger partial charge in [-0.1, -0.05) is 30.3 Å². The topological polar surface area (TPSA) is 34.9 Å². The molecule has 0 N–H and O–H groups in total. The first-order valence-electron chi connectivity index (χ1n) is 4.96. The van der Waals surface area contributed by atoms with E-state index in [1.165, 1.54) is 6.20 Å². The summed E-state index contributed by atoms with van der Waals surface area (Å²) in [5.41, 5.74) is 1.53. The van der Waals surface area contributed by atoms with E-state index in [0.717, 1.165) is 5.56 Å². The molecule has 0 aliphatic rings. The summed E-state index contributed by atoms with van der Waals surface area (Å²) in [6, 6.07) is 9.94. The number of carbonyl (C=O) groups is 1. The maximum atomic E-state index is 11.2. The number of hydrogen-bond acceptors (Lipinski definition) is 2. The molecule has 1 heterocycles. The Morgan fingerprint density at radius 1 is 1.38 bits per heavy atom. The fourth-order valence-electron chi connectivity index (χ4n) is 1.66. The number of hydrogen-bond donors (Lipinski definition) is 0. The van der Waals surface area contributed by atoms with E-state index in [4.69, 9.17) is 11.6 Å². The first-order valence-corrected chi connectivity index (χ1v) is 5.34. The molecule has 0 saturated carbocycles. The van der Waals surface area contributed by atoms with E-state index >= 15 is 0 Å². The van der Waals surface area contributed by atoms with Gasteiger partial charge in [-0.25, -0.2) is 4.98 Å². The second-order valence-electron chi connectivity index (χ2n) is 3.55. The summed E-state index contributed by atoms with van der Waals surface area (Å²) in [6.07, 6.45) is 3.10. The second kappa shape index (κ2) is 4.49. The number of imidazole rings is 1. The molecule has 16 heavy (non-hydrogen) atoms. The predicted molar refractivity (Wildman–Crippen MR) is 62.7 cm³/mol. The minimum Gasteiger partial charge on any atom is -0.320 e. The summed E-state index contributed by atoms with van der Waals surface area (Å²) in [7, 11) is 0. The van der Waals surface area contributed by atoms with Crippen LogP contribution < -0.4 is 0 Å². The Morgan fingerprint density at radius 2 is 2.06 bits per heavy atom. The Labute approximate surface area is 98.7 Å². The Bertz CT molecular complexity index is 493. The predicted octanol–water partition coefficient (Wildman–Crippen LogP) is 2.87. The van der Waals surface area contributed by atoms with E-state index in [-0.39, 0.29) is 6.04 Å². The number of nitrogens with zero attached hydrogens (tertiary/aromatic N) is 2. The number of halogens is 1. The van der Waals surface area contributed by atoms with Crippen molar-refractivity contribution in [3.05, 3.63) is 54.1 Å². The molecule has 0 amide bonds. The Hall–Kier alpha value is -1.61. The molecule has 2 rings (SSSR count). The largest absolute Gasteiger partial charge is 0.320 e. The van der Waals surface area contributed by atoms with Gasteiger partial charge in [0.25, 0.3) is 5.24 Å². The van der Waals surface area contributed by atoms with Crippen molar-refractivity contribution in [3.8, 4) is 0 Å². The molecule has 0 aliphatic heterocycles. The molecule has 1 unspecified atom stereocenters. The molecule has 4 heteroatoms. The van der Waals surface area contributed by atoms with Gasteiger partial charge in [0, 0.05) is 0 Å². The van der Waals surface area contributed by atoms with Crippen molar-refractivity contribution in [1.29, 1.82) is 0 Å². The Kier molecular flexibility index (Phi) is 3.06. The van der Waals surface area contributed by atoms with E-state index in [1.54, 1.807) is 10.9 Å². The molecule has 82 valence electrons. The van der Waals surface area contributed by atoms with Crippen LogP contribution in [0.3, 0.4) is 0 Å². The normalized spacial score (nSPS) is 12.4. The molecule has 1 aromatic carbocycles. The minimum atomic E-state index is -0.486. The summed E-state index contributed by atoms with van der Waals surface area (Å²) in [5, 5.41) is -0.486. The summed E-state index contributed by atoms with van der Waals surface area (Å²) in [6.45, 7) is 2.00. The molecule has 0 radical (unpaired) electrons. The highest BCUT2D eigenvalue weighted by Gasteiger charge is 2.14. The quantitative estimate of drug-likeness (QED) is 0.766. The fourth-order valence-corrected chi connectivity index (χ4v) is 1.80. The van der Waals surface area contributed by atoms with Gasteiger partial charge in [-0.15, -0.1) is 0 Å². The standard InChI is InChI=1S/C12H11ClN2O/c1-9(10-5-3-2-4-6-10)15-8-14-7-11(15)12(13)16/h2-9H,1H3. The van der Waals surface area contributed by atoms with Gasteiger partial charge in [0.15, 0.2) is 0 Å². The molecular formula is C12H11ClN2O. The van der Waals surface area contributed by atoms with E-state index in [1.807, 2.05) is 37.3 Å². The van der Waals surface area contributed by atoms with Crippen molar-refractivity contribution in [2.24, 2.45) is 0 Å². The molecule has 0 spiro atoms. The van der Waals surface area contributed by atoms with Crippen molar-refractivity contribution in [2.45, 2.75) is 13.0 Å². The van der Waals surface area contributed by atoms with Gasteiger partial charge in [-0.2, -0.15) is 0 Å². The summed E-state index contributed by atoms with van der Waals surface area (Å²) in [5.74, 6) is 0. The van der Waals surface area contributed by atoms with Gasteiger partial charge in [-0.05, 0) is 24.1 Å². The highest BCUT2D eigenvalue weighted by molar-refractivity contribution is 6.67. The van der Waals surface area contributed by atoms with Gasteiger partial charge >= 0.3 is 0 Å². The third-order valence-corrected chi connectivity index (χ3v) is 2.76. The van der Waals surface area contributed by atoms with Crippen LogP contribution in [-0.4, -0.2) is 14.8 Å². The maximum absolute atomic E-state index is 11.2. The van der Waals surface area contributed by atoms with Gasteiger partial charge in [0.05, 0.1) is 18.6 Å². The SMILES string of the molecule is CC(c1ccccc1)n1cncc1C(=O)Cl. The molecule has 0 aliphatic carbocycles. The second-order valence-corrected chi connectivity index (χ2v) is 3.89. The highest BCUT2D eigenvalue weighted by Crippen LogP contribution is 2.19. The molecule has 1 atom stereocenters. The maximum Gasteiger partial charge on any atom is 0.270 e. The molecular weight excluding hydrogens is 224 g/mol. The van der Waals surface area contributed by atoms with Crippen molar-refractivity contribution in [3.63, 3.8) is 0 Å². The zero-order valence-corrected chi connectivity index (χ0v) is 9.56. The zero-order chi connectivity index (χ0) is 11.5. The van der Waals surface area contributed by atoms with Crippen LogP contribution in [0.4, 0.5) is 0 Å². The Balaban J connectivity index is 2.38. The van der Waals surface area contributed by atoms with Gasteiger partial charge < -0.3 is 4.57 Å². The first-order chi connectivity index (χ1) is 7.70. The highest BCUT2D eigenvalue weighted by atomic mass is 35.5. The molecule has 0 saturated heterocycles. The van der Waals surface area contributed by atoms with Crippen LogP contribution in [0, 0.1) is 0 Å². The third kappa shape index (κ3) is 1.99. The van der Waals surface area contributed by atoms with Crippen LogP contribution in [0.15, 0.2) is 42.9 Å². The van der Waals surface area contributed by atoms with E-state index in [0.29, 0.717) is 5.69 Å². The summed E-state index contributed by atoms with van der Waals surface area (Å²) >= 11 is 5.48. The lowest BCUT2D eigenvalue weighted by Gasteiger charge is -2.15. The van der Waals surface area contributed by atoms with Crippen molar-refractivity contribution >= 4 is 16.8 Å². The average molecular weight is 235 g/mol.